The number of halogens is 3. The van der Waals surface area contributed by atoms with Crippen LogP contribution in [0.4, 0.5) is 23.7 Å². The zero-order valence-electron chi connectivity index (χ0n) is 21.1. The van der Waals surface area contributed by atoms with E-state index in [1.807, 2.05) is 25.1 Å². The summed E-state index contributed by atoms with van der Waals surface area (Å²) in [7, 11) is 5.15. The van der Waals surface area contributed by atoms with Crippen LogP contribution in [0.2, 0.25) is 0 Å². The van der Waals surface area contributed by atoms with Gasteiger partial charge in [0.25, 0.3) is 5.91 Å². The van der Waals surface area contributed by atoms with Gasteiger partial charge in [-0.3, -0.25) is 14.5 Å². The number of carbonyl (C=O) groups is 3. The molecule has 2 aliphatic rings. The Morgan fingerprint density at radius 1 is 1.16 bits per heavy atom. The number of nitrogens with one attached hydrogen (secondary N) is 1. The normalized spacial score (nSPS) is 17.7. The molecule has 1 unspecified atom stereocenters. The summed E-state index contributed by atoms with van der Waals surface area (Å²) in [5.74, 6) is -0.725. The van der Waals surface area contributed by atoms with Crippen LogP contribution >= 0.6 is 0 Å². The van der Waals surface area contributed by atoms with Crippen molar-refractivity contribution < 1.29 is 27.6 Å². The molecular weight excluding hydrogens is 499 g/mol. The second kappa shape index (κ2) is 10.3. The van der Waals surface area contributed by atoms with Gasteiger partial charge >= 0.3 is 12.2 Å². The van der Waals surface area contributed by atoms with E-state index >= 15 is 0 Å². The van der Waals surface area contributed by atoms with E-state index in [0.29, 0.717) is 24.4 Å². The average Bonchev–Trinajstić information content (AvgIpc) is 3.24. The van der Waals surface area contributed by atoms with Crippen LogP contribution in [0.1, 0.15) is 45.9 Å². The summed E-state index contributed by atoms with van der Waals surface area (Å²) >= 11 is 0. The molecular formula is C27H26F3N5O3. The fraction of sp³-hybridized carbons (Fsp3) is 0.333. The minimum atomic E-state index is -4.61. The maximum atomic E-state index is 13.6. The van der Waals surface area contributed by atoms with Crippen LogP contribution in [0, 0.1) is 11.3 Å². The van der Waals surface area contributed by atoms with Gasteiger partial charge in [-0.25, -0.2) is 4.79 Å². The number of hydrogen-bond acceptors (Lipinski definition) is 5. The molecule has 0 saturated heterocycles. The Balaban J connectivity index is 1.83. The number of benzene rings is 2. The molecule has 0 fully saturated rings. The van der Waals surface area contributed by atoms with Crippen molar-refractivity contribution in [3.8, 4) is 6.07 Å². The zero-order valence-corrected chi connectivity index (χ0v) is 21.1. The number of amides is 3. The van der Waals surface area contributed by atoms with Crippen LogP contribution in [0.5, 0.6) is 0 Å². The fourth-order valence-electron chi connectivity index (χ4n) is 4.78. The number of hydrogen-bond donors (Lipinski definition) is 1. The number of allylic oxidation sites excluding steroid dienone is 1. The molecule has 1 aliphatic carbocycles. The SMILES string of the molecule is CN(C)CCNC(=O)c1cc(C#N)ccc1C1C2=C(CCC2=O)N(c2cccc(C(F)(F)F)c2)C(=O)N1C. The third kappa shape index (κ3) is 4.99. The van der Waals surface area contributed by atoms with Crippen molar-refractivity contribution in [3.05, 3.63) is 76.0 Å². The Hall–Kier alpha value is -4.17. The van der Waals surface area contributed by atoms with Gasteiger partial charge in [0.1, 0.15) is 0 Å². The van der Waals surface area contributed by atoms with Gasteiger partial charge in [0.15, 0.2) is 5.78 Å². The minimum absolute atomic E-state index is 0.00111. The number of alkyl halides is 3. The molecule has 3 amide bonds. The predicted molar refractivity (Wildman–Crippen MR) is 133 cm³/mol. The molecule has 2 aromatic rings. The molecule has 1 aliphatic heterocycles. The van der Waals surface area contributed by atoms with Crippen LogP contribution in [-0.2, 0) is 11.0 Å². The molecule has 2 aromatic carbocycles. The first-order valence-corrected chi connectivity index (χ1v) is 11.9. The fourth-order valence-corrected chi connectivity index (χ4v) is 4.78. The molecule has 0 aromatic heterocycles. The van der Waals surface area contributed by atoms with Crippen molar-refractivity contribution in [2.45, 2.75) is 25.1 Å². The smallest absolute Gasteiger partial charge is 0.351 e. The van der Waals surface area contributed by atoms with Crippen molar-refractivity contribution in [3.63, 3.8) is 0 Å². The Labute approximate surface area is 217 Å². The number of ketones is 1. The van der Waals surface area contributed by atoms with Crippen molar-refractivity contribution in [1.82, 2.24) is 15.1 Å². The second-order valence-electron chi connectivity index (χ2n) is 9.44. The van der Waals surface area contributed by atoms with Gasteiger partial charge in [0, 0.05) is 43.4 Å². The third-order valence-corrected chi connectivity index (χ3v) is 6.62. The summed E-state index contributed by atoms with van der Waals surface area (Å²) in [5.41, 5.74) is 0.373. The number of likely N-dealkylation sites (N-methyl/N-ethyl adjacent to an activating group) is 2. The molecule has 0 bridgehead atoms. The number of Topliss-reactive ketones (excluding diaryl/α,β-unsaturated/α-hetero) is 1. The molecule has 4 rings (SSSR count). The minimum Gasteiger partial charge on any atom is -0.351 e. The maximum Gasteiger partial charge on any atom is 0.416 e. The van der Waals surface area contributed by atoms with E-state index < -0.39 is 29.7 Å². The molecule has 0 saturated carbocycles. The van der Waals surface area contributed by atoms with E-state index in [4.69, 9.17) is 0 Å². The molecule has 1 atom stereocenters. The first-order chi connectivity index (χ1) is 17.9. The number of nitriles is 1. The highest BCUT2D eigenvalue weighted by Crippen LogP contribution is 2.45. The maximum absolute atomic E-state index is 13.6. The molecule has 0 spiro atoms. The quantitative estimate of drug-likeness (QED) is 0.613. The van der Waals surface area contributed by atoms with Crippen LogP contribution in [0.3, 0.4) is 0 Å². The summed E-state index contributed by atoms with van der Waals surface area (Å²) in [4.78, 5) is 44.2. The molecule has 8 nitrogen and oxygen atoms in total. The lowest BCUT2D eigenvalue weighted by Gasteiger charge is -2.41. The molecule has 38 heavy (non-hydrogen) atoms. The first-order valence-electron chi connectivity index (χ1n) is 11.9. The van der Waals surface area contributed by atoms with Gasteiger partial charge in [-0.05, 0) is 56.4 Å². The summed E-state index contributed by atoms with van der Waals surface area (Å²) in [6, 6.07) is 9.28. The van der Waals surface area contributed by atoms with Gasteiger partial charge in [0.2, 0.25) is 0 Å². The number of nitrogens with zero attached hydrogens (tertiary/aromatic N) is 4. The summed E-state index contributed by atoms with van der Waals surface area (Å²) in [6.07, 6.45) is -4.36. The van der Waals surface area contributed by atoms with E-state index in [1.165, 1.54) is 36.2 Å². The van der Waals surface area contributed by atoms with E-state index in [9.17, 15) is 32.8 Å². The van der Waals surface area contributed by atoms with Gasteiger partial charge in [0.05, 0.1) is 28.9 Å². The average molecular weight is 526 g/mol. The largest absolute Gasteiger partial charge is 0.416 e. The van der Waals surface area contributed by atoms with Crippen LogP contribution in [0.15, 0.2) is 53.7 Å². The molecule has 1 heterocycles. The topological polar surface area (TPSA) is 96.7 Å². The van der Waals surface area contributed by atoms with E-state index in [-0.39, 0.29) is 41.0 Å². The van der Waals surface area contributed by atoms with Crippen LogP contribution in [-0.4, -0.2) is 61.8 Å². The first kappa shape index (κ1) is 26.9. The second-order valence-corrected chi connectivity index (χ2v) is 9.44. The standard InChI is InChI=1S/C27H26F3N5O3/c1-33(2)12-11-32-25(37)20-13-16(15-31)7-8-19(20)24-23-21(9-10-22(23)36)35(26(38)34(24)3)18-6-4-5-17(14-18)27(28,29)30/h4-8,13-14,24H,9-12H2,1-3H3,(H,32,37). The zero-order chi connectivity index (χ0) is 27.8. The highest BCUT2D eigenvalue weighted by molar-refractivity contribution is 6.09. The number of urea groups is 1. The molecule has 198 valence electrons. The molecule has 0 radical (unpaired) electrons. The Bertz CT molecular complexity index is 1380. The van der Waals surface area contributed by atoms with Gasteiger partial charge in [-0.15, -0.1) is 0 Å². The Morgan fingerprint density at radius 3 is 2.55 bits per heavy atom. The highest BCUT2D eigenvalue weighted by atomic mass is 19.4. The van der Waals surface area contributed by atoms with E-state index in [1.54, 1.807) is 6.07 Å². The highest BCUT2D eigenvalue weighted by Gasteiger charge is 2.45. The Morgan fingerprint density at radius 2 is 1.89 bits per heavy atom. The third-order valence-electron chi connectivity index (χ3n) is 6.62. The summed E-state index contributed by atoms with van der Waals surface area (Å²) in [6.45, 7) is 0.901. The van der Waals surface area contributed by atoms with E-state index in [0.717, 1.165) is 17.0 Å². The van der Waals surface area contributed by atoms with Gasteiger partial charge in [-0.2, -0.15) is 18.4 Å². The van der Waals surface area contributed by atoms with Crippen LogP contribution < -0.4 is 10.2 Å². The van der Waals surface area contributed by atoms with Crippen molar-refractivity contribution >= 4 is 23.4 Å². The lowest BCUT2D eigenvalue weighted by molar-refractivity contribution is -0.137. The number of rotatable bonds is 6. The molecule has 1 N–H and O–H groups in total. The van der Waals surface area contributed by atoms with Gasteiger partial charge < -0.3 is 15.1 Å². The van der Waals surface area contributed by atoms with Crippen LogP contribution in [0.25, 0.3) is 0 Å². The predicted octanol–water partition coefficient (Wildman–Crippen LogP) is 4.10. The van der Waals surface area contributed by atoms with Crippen molar-refractivity contribution in [1.29, 1.82) is 5.26 Å². The number of carbonyl (C=O) groups excluding carboxylic acids is 3. The van der Waals surface area contributed by atoms with E-state index in [2.05, 4.69) is 5.32 Å². The van der Waals surface area contributed by atoms with Gasteiger partial charge in [-0.1, -0.05) is 12.1 Å². The van der Waals surface area contributed by atoms with Crippen molar-refractivity contribution in [2.75, 3.05) is 39.1 Å². The summed E-state index contributed by atoms with van der Waals surface area (Å²) < 4.78 is 40.2. The monoisotopic (exact) mass is 525 g/mol. The lowest BCUT2D eigenvalue weighted by Crippen LogP contribution is -2.48. The Kier molecular flexibility index (Phi) is 7.29. The number of anilines is 1. The lowest BCUT2D eigenvalue weighted by atomic mass is 9.89. The van der Waals surface area contributed by atoms with Crippen molar-refractivity contribution in [2.24, 2.45) is 0 Å². The summed E-state index contributed by atoms with van der Waals surface area (Å²) in [5, 5.41) is 12.2. The molecule has 11 heteroatoms.